The largest absolute Gasteiger partial charge is 0.490 e. The number of rotatable bonds is 4. The van der Waals surface area contributed by atoms with Gasteiger partial charge in [0.25, 0.3) is 0 Å². The van der Waals surface area contributed by atoms with E-state index < -0.39 is 5.97 Å². The van der Waals surface area contributed by atoms with Gasteiger partial charge in [-0.25, -0.2) is 4.79 Å². The van der Waals surface area contributed by atoms with Crippen LogP contribution in [-0.4, -0.2) is 12.6 Å². The number of nitrogens with zero attached hydrogens (tertiary/aromatic N) is 1. The molecule has 0 bridgehead atoms. The Labute approximate surface area is 137 Å². The molecule has 2 rings (SSSR count). The van der Waals surface area contributed by atoms with Crippen LogP contribution in [0.3, 0.4) is 0 Å². The average Bonchev–Trinajstić information content (AvgIpc) is 2.51. The molecule has 0 fully saturated rings. The fourth-order valence-corrected chi connectivity index (χ4v) is 2.01. The van der Waals surface area contributed by atoms with Gasteiger partial charge in [-0.05, 0) is 37.3 Å². The lowest BCUT2D eigenvalue weighted by Gasteiger charge is -2.11. The molecule has 112 valence electrons. The molecule has 0 atom stereocenters. The van der Waals surface area contributed by atoms with Gasteiger partial charge in [0.15, 0.2) is 11.5 Å². The van der Waals surface area contributed by atoms with Gasteiger partial charge in [0, 0.05) is 6.07 Å². The summed E-state index contributed by atoms with van der Waals surface area (Å²) in [6.45, 7) is 2.18. The van der Waals surface area contributed by atoms with E-state index in [-0.39, 0.29) is 16.3 Å². The molecule has 6 heteroatoms. The maximum Gasteiger partial charge on any atom is 0.343 e. The Hall–Kier alpha value is -2.22. The van der Waals surface area contributed by atoms with Crippen molar-refractivity contribution in [3.8, 4) is 17.6 Å². The van der Waals surface area contributed by atoms with E-state index in [0.717, 1.165) is 0 Å². The second kappa shape index (κ2) is 7.17. The Morgan fingerprint density at radius 2 is 1.91 bits per heavy atom. The Morgan fingerprint density at radius 3 is 2.55 bits per heavy atom. The standard InChI is InChI=1S/C16H11Cl2NO3/c1-2-21-15-7-10(9-19)3-6-14(15)22-16(20)11-4-5-12(17)13(18)8-11/h3-8H,2H2,1H3. The third-order valence-corrected chi connectivity index (χ3v) is 3.47. The zero-order valence-electron chi connectivity index (χ0n) is 11.6. The van der Waals surface area contributed by atoms with Gasteiger partial charge in [-0.1, -0.05) is 23.2 Å². The number of nitriles is 1. The van der Waals surface area contributed by atoms with Crippen LogP contribution in [0.1, 0.15) is 22.8 Å². The Bertz CT molecular complexity index is 754. The fraction of sp³-hybridized carbons (Fsp3) is 0.125. The summed E-state index contributed by atoms with van der Waals surface area (Å²) in [6.07, 6.45) is 0. The molecule has 0 heterocycles. The third kappa shape index (κ3) is 3.70. The first-order chi connectivity index (χ1) is 10.5. The van der Waals surface area contributed by atoms with Crippen LogP contribution in [0.15, 0.2) is 36.4 Å². The summed E-state index contributed by atoms with van der Waals surface area (Å²) in [7, 11) is 0. The Morgan fingerprint density at radius 1 is 1.14 bits per heavy atom. The minimum Gasteiger partial charge on any atom is -0.490 e. The van der Waals surface area contributed by atoms with E-state index in [1.54, 1.807) is 13.0 Å². The topological polar surface area (TPSA) is 59.3 Å². The molecule has 0 aromatic heterocycles. The summed E-state index contributed by atoms with van der Waals surface area (Å²) in [4.78, 5) is 12.1. The van der Waals surface area contributed by atoms with E-state index in [2.05, 4.69) is 0 Å². The van der Waals surface area contributed by atoms with E-state index in [1.165, 1.54) is 30.3 Å². The van der Waals surface area contributed by atoms with Crippen LogP contribution < -0.4 is 9.47 Å². The van der Waals surface area contributed by atoms with E-state index >= 15 is 0 Å². The van der Waals surface area contributed by atoms with Crippen molar-refractivity contribution in [2.24, 2.45) is 0 Å². The summed E-state index contributed by atoms with van der Waals surface area (Å²) in [6, 6.07) is 11.0. The van der Waals surface area contributed by atoms with Gasteiger partial charge in [-0.3, -0.25) is 0 Å². The van der Waals surface area contributed by atoms with Crippen molar-refractivity contribution in [2.45, 2.75) is 6.92 Å². The van der Waals surface area contributed by atoms with Crippen LogP contribution in [0, 0.1) is 11.3 Å². The van der Waals surface area contributed by atoms with Crippen molar-refractivity contribution < 1.29 is 14.3 Å². The van der Waals surface area contributed by atoms with Crippen LogP contribution >= 0.6 is 23.2 Å². The summed E-state index contributed by atoms with van der Waals surface area (Å²) < 4.78 is 10.7. The van der Waals surface area contributed by atoms with Crippen molar-refractivity contribution in [3.63, 3.8) is 0 Å². The van der Waals surface area contributed by atoms with Crippen LogP contribution in [0.2, 0.25) is 10.0 Å². The molecule has 0 saturated carbocycles. The van der Waals surface area contributed by atoms with Gasteiger partial charge < -0.3 is 9.47 Å². The second-order valence-corrected chi connectivity index (χ2v) is 5.04. The molecule has 0 aliphatic carbocycles. The van der Waals surface area contributed by atoms with Crippen LogP contribution in [0.25, 0.3) is 0 Å². The monoisotopic (exact) mass is 335 g/mol. The maximum atomic E-state index is 12.1. The molecular formula is C16H11Cl2NO3. The number of carbonyl (C=O) groups is 1. The number of ether oxygens (including phenoxy) is 2. The quantitative estimate of drug-likeness (QED) is 0.610. The average molecular weight is 336 g/mol. The lowest BCUT2D eigenvalue weighted by atomic mass is 10.2. The van der Waals surface area contributed by atoms with Gasteiger partial charge in [0.05, 0.1) is 33.8 Å². The van der Waals surface area contributed by atoms with Crippen molar-refractivity contribution in [2.75, 3.05) is 6.61 Å². The summed E-state index contributed by atoms with van der Waals surface area (Å²) in [5.74, 6) is -0.0314. The van der Waals surface area contributed by atoms with Gasteiger partial charge in [-0.2, -0.15) is 5.26 Å². The minimum atomic E-state index is -0.593. The molecule has 0 aliphatic heterocycles. The molecule has 22 heavy (non-hydrogen) atoms. The lowest BCUT2D eigenvalue weighted by molar-refractivity contribution is 0.0728. The molecule has 0 radical (unpaired) electrons. The van der Waals surface area contributed by atoms with Crippen molar-refractivity contribution >= 4 is 29.2 Å². The number of hydrogen-bond acceptors (Lipinski definition) is 4. The van der Waals surface area contributed by atoms with Crippen molar-refractivity contribution in [1.82, 2.24) is 0 Å². The van der Waals surface area contributed by atoms with E-state index in [4.69, 9.17) is 37.9 Å². The molecule has 2 aromatic carbocycles. The molecule has 4 nitrogen and oxygen atoms in total. The molecule has 0 N–H and O–H groups in total. The lowest BCUT2D eigenvalue weighted by Crippen LogP contribution is -2.09. The molecule has 0 spiro atoms. The van der Waals surface area contributed by atoms with E-state index in [1.807, 2.05) is 6.07 Å². The highest BCUT2D eigenvalue weighted by Crippen LogP contribution is 2.30. The predicted octanol–water partition coefficient (Wildman–Crippen LogP) is 4.48. The Kier molecular flexibility index (Phi) is 5.26. The Balaban J connectivity index is 2.27. The smallest absolute Gasteiger partial charge is 0.343 e. The first kappa shape index (κ1) is 16.2. The first-order valence-electron chi connectivity index (χ1n) is 6.39. The summed E-state index contributed by atoms with van der Waals surface area (Å²) in [5.41, 5.74) is 0.680. The highest BCUT2D eigenvalue weighted by molar-refractivity contribution is 6.42. The van der Waals surface area contributed by atoms with E-state index in [9.17, 15) is 4.79 Å². The normalized spacial score (nSPS) is 9.91. The summed E-state index contributed by atoms with van der Waals surface area (Å²) >= 11 is 11.7. The molecule has 2 aromatic rings. The predicted molar refractivity (Wildman–Crippen MR) is 83.7 cm³/mol. The van der Waals surface area contributed by atoms with Crippen molar-refractivity contribution in [3.05, 3.63) is 57.6 Å². The summed E-state index contributed by atoms with van der Waals surface area (Å²) in [5, 5.41) is 9.52. The zero-order valence-corrected chi connectivity index (χ0v) is 13.1. The third-order valence-electron chi connectivity index (χ3n) is 2.73. The molecular weight excluding hydrogens is 325 g/mol. The number of hydrogen-bond donors (Lipinski definition) is 0. The molecule has 0 aliphatic rings. The minimum absolute atomic E-state index is 0.233. The molecule has 0 unspecified atom stereocenters. The second-order valence-electron chi connectivity index (χ2n) is 4.22. The first-order valence-corrected chi connectivity index (χ1v) is 7.15. The molecule has 0 amide bonds. The number of benzene rings is 2. The van der Waals surface area contributed by atoms with Crippen LogP contribution in [0.5, 0.6) is 11.5 Å². The van der Waals surface area contributed by atoms with Gasteiger partial charge in [-0.15, -0.1) is 0 Å². The SMILES string of the molecule is CCOc1cc(C#N)ccc1OC(=O)c1ccc(Cl)c(Cl)c1. The van der Waals surface area contributed by atoms with E-state index in [0.29, 0.717) is 22.9 Å². The van der Waals surface area contributed by atoms with Crippen LogP contribution in [0.4, 0.5) is 0 Å². The number of halogens is 2. The van der Waals surface area contributed by atoms with Crippen molar-refractivity contribution in [1.29, 1.82) is 5.26 Å². The molecule has 0 saturated heterocycles. The van der Waals surface area contributed by atoms with Gasteiger partial charge >= 0.3 is 5.97 Å². The van der Waals surface area contributed by atoms with Gasteiger partial charge in [0.2, 0.25) is 0 Å². The fourth-order valence-electron chi connectivity index (χ4n) is 1.71. The number of esters is 1. The number of carbonyl (C=O) groups excluding carboxylic acids is 1. The van der Waals surface area contributed by atoms with Crippen LogP contribution in [-0.2, 0) is 0 Å². The highest BCUT2D eigenvalue weighted by Gasteiger charge is 2.14. The zero-order chi connectivity index (χ0) is 16.1. The maximum absolute atomic E-state index is 12.1. The highest BCUT2D eigenvalue weighted by atomic mass is 35.5. The van der Waals surface area contributed by atoms with Gasteiger partial charge in [0.1, 0.15) is 0 Å².